The molecule has 0 aromatic heterocycles. The molecule has 0 saturated heterocycles. The van der Waals surface area contributed by atoms with Gasteiger partial charge in [-0.2, -0.15) is 0 Å². The van der Waals surface area contributed by atoms with Crippen LogP contribution in [0.5, 0.6) is 5.75 Å². The third-order valence-corrected chi connectivity index (χ3v) is 4.71. The van der Waals surface area contributed by atoms with E-state index >= 15 is 0 Å². The summed E-state index contributed by atoms with van der Waals surface area (Å²) < 4.78 is 5.86. The van der Waals surface area contributed by atoms with Crippen LogP contribution in [-0.4, -0.2) is 28.5 Å². The Morgan fingerprint density at radius 1 is 0.931 bits per heavy atom. The van der Waals surface area contributed by atoms with Gasteiger partial charge in [0.05, 0.1) is 13.2 Å². The molecular formula is C22H34IrO6. The molecule has 0 fully saturated rings. The predicted molar refractivity (Wildman–Crippen MR) is 107 cm³/mol. The van der Waals surface area contributed by atoms with E-state index in [0.29, 0.717) is 24.3 Å². The summed E-state index contributed by atoms with van der Waals surface area (Å²) in [6.07, 6.45) is 8.67. The zero-order valence-electron chi connectivity index (χ0n) is 17.5. The van der Waals surface area contributed by atoms with Crippen LogP contribution in [0.25, 0.3) is 0 Å². The first-order valence-electron chi connectivity index (χ1n) is 10.2. The third kappa shape index (κ3) is 11.6. The van der Waals surface area contributed by atoms with Crippen LogP contribution in [0.1, 0.15) is 81.4 Å². The zero-order valence-corrected chi connectivity index (χ0v) is 19.9. The minimum absolute atomic E-state index is 0. The number of hydrogen-bond acceptors (Lipinski definition) is 6. The van der Waals surface area contributed by atoms with Crippen molar-refractivity contribution in [1.29, 1.82) is 0 Å². The summed E-state index contributed by atoms with van der Waals surface area (Å²) in [5.41, 5.74) is 2.42. The number of carbonyl (C=O) groups is 2. The standard InChI is InChI=1S/C22H34O6.Ir/c1-17-13-19(15-23)22(20(14-17)16-28-26)27-12-10-8-6-4-3-5-7-9-11-21(25)18(2)24;/h13-14,23,26H,3-12,15-16H2,1-2H3;. The number of carbonyl (C=O) groups excluding carboxylic acids is 2. The van der Waals surface area contributed by atoms with E-state index in [1.165, 1.54) is 6.92 Å². The Hall–Kier alpha value is -1.11. The van der Waals surface area contributed by atoms with Crippen LogP contribution >= 0.6 is 0 Å². The van der Waals surface area contributed by atoms with Gasteiger partial charge in [-0.15, -0.1) is 0 Å². The number of ether oxygens (including phenoxy) is 1. The molecule has 0 saturated carbocycles. The maximum atomic E-state index is 11.2. The molecule has 0 atom stereocenters. The summed E-state index contributed by atoms with van der Waals surface area (Å²) in [6.45, 7) is 3.72. The zero-order chi connectivity index (χ0) is 20.8. The average molecular weight is 587 g/mol. The Balaban J connectivity index is 0.00000784. The minimum atomic E-state index is -0.338. The van der Waals surface area contributed by atoms with Gasteiger partial charge in [0.2, 0.25) is 0 Å². The monoisotopic (exact) mass is 587 g/mol. The fourth-order valence-electron chi connectivity index (χ4n) is 3.21. The number of hydrogen-bond donors (Lipinski definition) is 2. The molecule has 0 aliphatic rings. The van der Waals surface area contributed by atoms with Crippen molar-refractivity contribution in [2.45, 2.75) is 84.8 Å². The molecule has 1 rings (SSSR count). The molecule has 0 bridgehead atoms. The van der Waals surface area contributed by atoms with E-state index in [9.17, 15) is 14.7 Å². The summed E-state index contributed by atoms with van der Waals surface area (Å²) >= 11 is 0. The second-order valence-corrected chi connectivity index (χ2v) is 7.25. The second kappa shape index (κ2) is 16.7. The fourth-order valence-corrected chi connectivity index (χ4v) is 3.21. The third-order valence-electron chi connectivity index (χ3n) is 4.71. The van der Waals surface area contributed by atoms with Crippen LogP contribution in [-0.2, 0) is 47.8 Å². The van der Waals surface area contributed by atoms with Crippen LogP contribution in [0.15, 0.2) is 12.1 Å². The summed E-state index contributed by atoms with van der Waals surface area (Å²) in [6, 6.07) is 3.76. The van der Waals surface area contributed by atoms with Crippen LogP contribution in [0.4, 0.5) is 0 Å². The van der Waals surface area contributed by atoms with Gasteiger partial charge in [-0.05, 0) is 25.8 Å². The van der Waals surface area contributed by atoms with Gasteiger partial charge in [0, 0.05) is 44.6 Å². The first-order valence-corrected chi connectivity index (χ1v) is 10.2. The van der Waals surface area contributed by atoms with Crippen molar-refractivity contribution in [3.63, 3.8) is 0 Å². The molecule has 7 heteroatoms. The SMILES string of the molecule is CC(=O)C(=O)CCCCCCCCCCOc1c(CO)cc(C)cc1COO.[Ir]. The van der Waals surface area contributed by atoms with E-state index < -0.39 is 0 Å². The normalized spacial score (nSPS) is 10.5. The van der Waals surface area contributed by atoms with E-state index in [4.69, 9.17) is 9.99 Å². The Kier molecular flexibility index (Phi) is 16.0. The van der Waals surface area contributed by atoms with Gasteiger partial charge in [-0.1, -0.05) is 50.2 Å². The van der Waals surface area contributed by atoms with Crippen LogP contribution in [0.3, 0.4) is 0 Å². The fraction of sp³-hybridized carbons (Fsp3) is 0.636. The molecule has 0 unspecified atom stereocenters. The van der Waals surface area contributed by atoms with Crippen molar-refractivity contribution in [3.8, 4) is 5.75 Å². The molecule has 1 aromatic rings. The molecule has 29 heavy (non-hydrogen) atoms. The van der Waals surface area contributed by atoms with E-state index in [0.717, 1.165) is 62.5 Å². The van der Waals surface area contributed by atoms with Crippen molar-refractivity contribution in [3.05, 3.63) is 28.8 Å². The summed E-state index contributed by atoms with van der Waals surface area (Å²) in [5.74, 6) is 0.00358. The van der Waals surface area contributed by atoms with Crippen molar-refractivity contribution in [2.75, 3.05) is 6.61 Å². The molecule has 0 amide bonds. The smallest absolute Gasteiger partial charge is 0.198 e. The van der Waals surface area contributed by atoms with Crippen LogP contribution in [0, 0.1) is 6.92 Å². The number of benzene rings is 1. The topological polar surface area (TPSA) is 93.1 Å². The van der Waals surface area contributed by atoms with E-state index in [1.54, 1.807) is 0 Å². The molecule has 1 radical (unpaired) electrons. The van der Waals surface area contributed by atoms with Crippen molar-refractivity contribution >= 4 is 11.6 Å². The average Bonchev–Trinajstić information content (AvgIpc) is 2.66. The molecule has 167 valence electrons. The maximum Gasteiger partial charge on any atom is 0.198 e. The Labute approximate surface area is 187 Å². The summed E-state index contributed by atoms with van der Waals surface area (Å²) in [4.78, 5) is 26.3. The molecule has 0 aliphatic heterocycles. The number of unbranched alkanes of at least 4 members (excludes halogenated alkanes) is 7. The Bertz CT molecular complexity index is 618. The largest absolute Gasteiger partial charge is 0.493 e. The first-order chi connectivity index (χ1) is 13.5. The van der Waals surface area contributed by atoms with E-state index in [1.807, 2.05) is 19.1 Å². The molecule has 0 heterocycles. The first kappa shape index (κ1) is 27.9. The number of aliphatic hydroxyl groups is 1. The summed E-state index contributed by atoms with van der Waals surface area (Å²) in [5, 5.41) is 18.3. The van der Waals surface area contributed by atoms with Crippen LogP contribution < -0.4 is 4.74 Å². The van der Waals surface area contributed by atoms with Gasteiger partial charge in [0.25, 0.3) is 0 Å². The number of aryl methyl sites for hydroxylation is 1. The number of rotatable bonds is 16. The van der Waals surface area contributed by atoms with Crippen molar-refractivity contribution in [1.82, 2.24) is 0 Å². The molecule has 6 nitrogen and oxygen atoms in total. The number of Topliss-reactive ketones (excluding diaryl/α,β-unsaturated/α-hetero) is 2. The van der Waals surface area contributed by atoms with Gasteiger partial charge in [0.1, 0.15) is 12.4 Å². The molecule has 1 aromatic carbocycles. The van der Waals surface area contributed by atoms with Crippen molar-refractivity contribution < 1.29 is 49.7 Å². The predicted octanol–water partition coefficient (Wildman–Crippen LogP) is 4.52. The van der Waals surface area contributed by atoms with E-state index in [-0.39, 0.29) is 44.9 Å². The van der Waals surface area contributed by atoms with Crippen LogP contribution in [0.2, 0.25) is 0 Å². The summed E-state index contributed by atoms with van der Waals surface area (Å²) in [7, 11) is 0. The van der Waals surface area contributed by atoms with Gasteiger partial charge in [0.15, 0.2) is 11.6 Å². The van der Waals surface area contributed by atoms with Crippen molar-refractivity contribution in [2.24, 2.45) is 0 Å². The van der Waals surface area contributed by atoms with Gasteiger partial charge in [-0.3, -0.25) is 14.8 Å². The number of aliphatic hydroxyl groups excluding tert-OH is 1. The minimum Gasteiger partial charge on any atom is -0.493 e. The second-order valence-electron chi connectivity index (χ2n) is 7.25. The van der Waals surface area contributed by atoms with Gasteiger partial charge >= 0.3 is 0 Å². The number of ketones is 2. The quantitative estimate of drug-likeness (QED) is 0.128. The molecule has 2 N–H and O–H groups in total. The Morgan fingerprint density at radius 3 is 2.03 bits per heavy atom. The Morgan fingerprint density at radius 2 is 1.48 bits per heavy atom. The maximum absolute atomic E-state index is 11.2. The van der Waals surface area contributed by atoms with Gasteiger partial charge in [-0.25, -0.2) is 4.89 Å². The van der Waals surface area contributed by atoms with Gasteiger partial charge < -0.3 is 9.84 Å². The molecule has 0 aliphatic carbocycles. The van der Waals surface area contributed by atoms with E-state index in [2.05, 4.69) is 4.89 Å². The molecular weight excluding hydrogens is 552 g/mol. The molecule has 0 spiro atoms.